The number of aromatic hydroxyl groups is 1. The summed E-state index contributed by atoms with van der Waals surface area (Å²) >= 11 is 0. The molecule has 0 aliphatic rings. The smallest absolute Gasteiger partial charge is 0.256 e. The molecule has 1 aromatic carbocycles. The van der Waals surface area contributed by atoms with Gasteiger partial charge in [-0.1, -0.05) is 19.4 Å². The average molecular weight is 237 g/mol. The number of carbonyl (C=O) groups is 1. The molecule has 0 spiro atoms. The second-order valence-corrected chi connectivity index (χ2v) is 4.50. The molecule has 0 fully saturated rings. The van der Waals surface area contributed by atoms with Crippen LogP contribution in [0.3, 0.4) is 0 Å². The van der Waals surface area contributed by atoms with Gasteiger partial charge in [-0.2, -0.15) is 0 Å². The standard InChI is InChI=1S/C13H19NO3/c1-4-7-13(3,17)12(16)14-10-6-5-9(2)8-11(10)15/h5-6,8,15,17H,4,7H2,1-3H3,(H,14,16). The predicted molar refractivity (Wildman–Crippen MR) is 67.0 cm³/mol. The first-order chi connectivity index (χ1) is 7.86. The molecule has 0 saturated heterocycles. The van der Waals surface area contributed by atoms with Crippen LogP contribution in [0.25, 0.3) is 0 Å². The fraction of sp³-hybridized carbons (Fsp3) is 0.462. The number of anilines is 1. The predicted octanol–water partition coefficient (Wildman–Crippen LogP) is 2.19. The van der Waals surface area contributed by atoms with Gasteiger partial charge < -0.3 is 15.5 Å². The number of phenolic OH excluding ortho intramolecular Hbond substituents is 1. The fourth-order valence-corrected chi connectivity index (χ4v) is 1.60. The first-order valence-corrected chi connectivity index (χ1v) is 5.70. The molecule has 0 heterocycles. The van der Waals surface area contributed by atoms with Crippen LogP contribution in [-0.2, 0) is 4.79 Å². The van der Waals surface area contributed by atoms with Crippen molar-refractivity contribution in [1.29, 1.82) is 0 Å². The zero-order valence-corrected chi connectivity index (χ0v) is 10.4. The van der Waals surface area contributed by atoms with Crippen molar-refractivity contribution in [2.75, 3.05) is 5.32 Å². The van der Waals surface area contributed by atoms with Crippen LogP contribution in [0.15, 0.2) is 18.2 Å². The van der Waals surface area contributed by atoms with Crippen LogP contribution in [0.2, 0.25) is 0 Å². The Hall–Kier alpha value is -1.55. The summed E-state index contributed by atoms with van der Waals surface area (Å²) in [5, 5.41) is 22.1. The minimum atomic E-state index is -1.41. The molecule has 4 nitrogen and oxygen atoms in total. The first kappa shape index (κ1) is 13.5. The number of rotatable bonds is 4. The highest BCUT2D eigenvalue weighted by Gasteiger charge is 2.29. The molecule has 17 heavy (non-hydrogen) atoms. The van der Waals surface area contributed by atoms with Gasteiger partial charge in [0.05, 0.1) is 5.69 Å². The van der Waals surface area contributed by atoms with E-state index >= 15 is 0 Å². The van der Waals surface area contributed by atoms with Crippen LogP contribution in [0, 0.1) is 6.92 Å². The first-order valence-electron chi connectivity index (χ1n) is 5.70. The minimum absolute atomic E-state index is 0.00523. The van der Waals surface area contributed by atoms with Crippen LogP contribution in [-0.4, -0.2) is 21.7 Å². The summed E-state index contributed by atoms with van der Waals surface area (Å²) in [5.41, 5.74) is -0.190. The molecular formula is C13H19NO3. The monoisotopic (exact) mass is 237 g/mol. The molecular weight excluding hydrogens is 218 g/mol. The summed E-state index contributed by atoms with van der Waals surface area (Å²) in [6, 6.07) is 4.96. The van der Waals surface area contributed by atoms with Gasteiger partial charge in [-0.05, 0) is 38.0 Å². The Labute approximate surface area is 101 Å². The van der Waals surface area contributed by atoms with Crippen molar-refractivity contribution in [3.05, 3.63) is 23.8 Å². The van der Waals surface area contributed by atoms with Gasteiger partial charge >= 0.3 is 0 Å². The number of aliphatic hydroxyl groups is 1. The number of hydrogen-bond donors (Lipinski definition) is 3. The molecule has 4 heteroatoms. The maximum Gasteiger partial charge on any atom is 0.256 e. The highest BCUT2D eigenvalue weighted by atomic mass is 16.3. The fourth-order valence-electron chi connectivity index (χ4n) is 1.60. The van der Waals surface area contributed by atoms with Crippen molar-refractivity contribution in [2.45, 2.75) is 39.2 Å². The second kappa shape index (κ2) is 5.19. The van der Waals surface area contributed by atoms with Gasteiger partial charge in [0, 0.05) is 0 Å². The minimum Gasteiger partial charge on any atom is -0.506 e. The van der Waals surface area contributed by atoms with Crippen molar-refractivity contribution < 1.29 is 15.0 Å². The highest BCUT2D eigenvalue weighted by Crippen LogP contribution is 2.25. The number of benzene rings is 1. The van der Waals surface area contributed by atoms with Crippen molar-refractivity contribution in [3.63, 3.8) is 0 Å². The highest BCUT2D eigenvalue weighted by molar-refractivity contribution is 5.97. The summed E-state index contributed by atoms with van der Waals surface area (Å²) in [5.74, 6) is -0.496. The molecule has 1 rings (SSSR count). The lowest BCUT2D eigenvalue weighted by atomic mass is 9.99. The van der Waals surface area contributed by atoms with Gasteiger partial charge in [0.1, 0.15) is 11.4 Å². The van der Waals surface area contributed by atoms with E-state index in [0.29, 0.717) is 18.5 Å². The van der Waals surface area contributed by atoms with E-state index in [1.165, 1.54) is 6.92 Å². The lowest BCUT2D eigenvalue weighted by Crippen LogP contribution is -2.39. The Bertz CT molecular complexity index is 413. The second-order valence-electron chi connectivity index (χ2n) is 4.50. The van der Waals surface area contributed by atoms with Crippen molar-refractivity contribution in [2.24, 2.45) is 0 Å². The Morgan fingerprint density at radius 2 is 2.12 bits per heavy atom. The molecule has 3 N–H and O–H groups in total. The SMILES string of the molecule is CCCC(C)(O)C(=O)Nc1ccc(C)cc1O. The van der Waals surface area contributed by atoms with Crippen LogP contribution in [0.4, 0.5) is 5.69 Å². The number of hydrogen-bond acceptors (Lipinski definition) is 3. The molecule has 1 unspecified atom stereocenters. The molecule has 1 aromatic rings. The lowest BCUT2D eigenvalue weighted by Gasteiger charge is -2.21. The van der Waals surface area contributed by atoms with Crippen LogP contribution in [0.1, 0.15) is 32.3 Å². The zero-order valence-electron chi connectivity index (χ0n) is 10.4. The van der Waals surface area contributed by atoms with E-state index in [-0.39, 0.29) is 5.75 Å². The topological polar surface area (TPSA) is 69.6 Å². The maximum atomic E-state index is 11.8. The van der Waals surface area contributed by atoms with Gasteiger partial charge in [-0.15, -0.1) is 0 Å². The molecule has 0 aliphatic heterocycles. The van der Waals surface area contributed by atoms with E-state index in [1.54, 1.807) is 18.2 Å². The molecule has 0 saturated carbocycles. The average Bonchev–Trinajstić information content (AvgIpc) is 2.22. The Morgan fingerprint density at radius 3 is 2.65 bits per heavy atom. The summed E-state index contributed by atoms with van der Waals surface area (Å²) in [6.45, 7) is 5.21. The molecule has 0 aliphatic carbocycles. The van der Waals surface area contributed by atoms with Gasteiger partial charge in [0.15, 0.2) is 0 Å². The Balaban J connectivity index is 2.81. The summed E-state index contributed by atoms with van der Waals surface area (Å²) in [7, 11) is 0. The van der Waals surface area contributed by atoms with Crippen molar-refractivity contribution in [1.82, 2.24) is 0 Å². The molecule has 0 bridgehead atoms. The van der Waals surface area contributed by atoms with Gasteiger partial charge in [-0.25, -0.2) is 0 Å². The third-order valence-corrected chi connectivity index (χ3v) is 2.63. The van der Waals surface area contributed by atoms with E-state index < -0.39 is 11.5 Å². The quantitative estimate of drug-likeness (QED) is 0.703. The Morgan fingerprint density at radius 1 is 1.47 bits per heavy atom. The summed E-state index contributed by atoms with van der Waals surface area (Å²) < 4.78 is 0. The maximum absolute atomic E-state index is 11.8. The van der Waals surface area contributed by atoms with Gasteiger partial charge in [0.2, 0.25) is 0 Å². The van der Waals surface area contributed by atoms with E-state index in [1.807, 2.05) is 13.8 Å². The zero-order chi connectivity index (χ0) is 13.1. The van der Waals surface area contributed by atoms with E-state index in [0.717, 1.165) is 5.56 Å². The van der Waals surface area contributed by atoms with Crippen LogP contribution < -0.4 is 5.32 Å². The summed E-state index contributed by atoms with van der Waals surface area (Å²) in [6.07, 6.45) is 1.09. The number of carbonyl (C=O) groups excluding carboxylic acids is 1. The number of aryl methyl sites for hydroxylation is 1. The normalized spacial score (nSPS) is 14.1. The number of phenols is 1. The van der Waals surface area contributed by atoms with Gasteiger partial charge in [0.25, 0.3) is 5.91 Å². The van der Waals surface area contributed by atoms with E-state index in [2.05, 4.69) is 5.32 Å². The molecule has 94 valence electrons. The number of amides is 1. The van der Waals surface area contributed by atoms with Crippen molar-refractivity contribution >= 4 is 11.6 Å². The molecule has 0 radical (unpaired) electrons. The van der Waals surface area contributed by atoms with Gasteiger partial charge in [-0.3, -0.25) is 4.79 Å². The largest absolute Gasteiger partial charge is 0.506 e. The molecule has 0 aromatic heterocycles. The molecule has 1 atom stereocenters. The van der Waals surface area contributed by atoms with Crippen LogP contribution >= 0.6 is 0 Å². The van der Waals surface area contributed by atoms with Crippen molar-refractivity contribution in [3.8, 4) is 5.75 Å². The Kier molecular flexibility index (Phi) is 4.12. The van der Waals surface area contributed by atoms with E-state index in [4.69, 9.17) is 0 Å². The van der Waals surface area contributed by atoms with Crippen LogP contribution in [0.5, 0.6) is 5.75 Å². The third-order valence-electron chi connectivity index (χ3n) is 2.63. The number of nitrogens with one attached hydrogen (secondary N) is 1. The molecule has 1 amide bonds. The summed E-state index contributed by atoms with van der Waals surface area (Å²) in [4.78, 5) is 11.8. The van der Waals surface area contributed by atoms with E-state index in [9.17, 15) is 15.0 Å². The third kappa shape index (κ3) is 3.46. The lowest BCUT2D eigenvalue weighted by molar-refractivity contribution is -0.133.